The summed E-state index contributed by atoms with van der Waals surface area (Å²) in [6.07, 6.45) is 12.3. The Labute approximate surface area is 216 Å². The Morgan fingerprint density at radius 2 is 1.84 bits per heavy atom. The smallest absolute Gasteiger partial charge is 0.408 e. The van der Waals surface area contributed by atoms with Crippen LogP contribution in [0.3, 0.4) is 0 Å². The highest BCUT2D eigenvalue weighted by atomic mass is 16.4. The Hall–Kier alpha value is -3.42. The molecule has 1 aromatic carbocycles. The number of rotatable bonds is 8. The van der Waals surface area contributed by atoms with Gasteiger partial charge in [0.05, 0.1) is 5.69 Å². The van der Waals surface area contributed by atoms with Gasteiger partial charge in [-0.1, -0.05) is 18.2 Å². The Morgan fingerprint density at radius 3 is 2.51 bits per heavy atom. The lowest BCUT2D eigenvalue weighted by Crippen LogP contribution is -2.68. The fraction of sp³-hybridized carbons (Fsp3) is 0.517. The average molecular weight is 502 g/mol. The zero-order chi connectivity index (χ0) is 25.6. The number of aromatic amines is 1. The largest absolute Gasteiger partial charge is 0.465 e. The molecule has 4 fully saturated rings. The number of hydrogen-bond acceptors (Lipinski definition) is 4. The summed E-state index contributed by atoms with van der Waals surface area (Å²) in [5, 5.41) is 14.8. The second-order valence-electron chi connectivity index (χ2n) is 11.6. The number of benzene rings is 1. The van der Waals surface area contributed by atoms with Crippen LogP contribution in [0.25, 0.3) is 10.9 Å². The molecule has 3 aromatic rings. The van der Waals surface area contributed by atoms with Crippen LogP contribution >= 0.6 is 0 Å². The van der Waals surface area contributed by atoms with Crippen LogP contribution < -0.4 is 5.32 Å². The molecule has 0 radical (unpaired) electrons. The third kappa shape index (κ3) is 4.36. The molecule has 4 saturated carbocycles. The van der Waals surface area contributed by atoms with Crippen LogP contribution in [0.4, 0.5) is 4.79 Å². The Morgan fingerprint density at radius 1 is 1.11 bits per heavy atom. The molecule has 4 bridgehead atoms. The molecule has 8 nitrogen and oxygen atoms in total. The van der Waals surface area contributed by atoms with Crippen molar-refractivity contribution >= 4 is 22.9 Å². The molecule has 1 unspecified atom stereocenters. The molecule has 0 saturated heterocycles. The molecule has 8 heteroatoms. The highest BCUT2D eigenvalue weighted by molar-refractivity contribution is 5.91. The second kappa shape index (κ2) is 9.47. The van der Waals surface area contributed by atoms with Crippen LogP contribution in [0, 0.1) is 23.7 Å². The topological polar surface area (TPSA) is 111 Å². The number of carbonyl (C=O) groups excluding carboxylic acids is 1. The van der Waals surface area contributed by atoms with Crippen molar-refractivity contribution in [2.75, 3.05) is 6.54 Å². The minimum absolute atomic E-state index is 0.119. The van der Waals surface area contributed by atoms with Crippen LogP contribution in [0.2, 0.25) is 0 Å². The van der Waals surface area contributed by atoms with Crippen molar-refractivity contribution in [3.63, 3.8) is 0 Å². The number of fused-ring (bicyclic) bond motifs is 1. The molecule has 4 aliphatic carbocycles. The molecule has 2 aromatic heterocycles. The zero-order valence-electron chi connectivity index (χ0n) is 21.3. The van der Waals surface area contributed by atoms with E-state index in [0.717, 1.165) is 59.7 Å². The van der Waals surface area contributed by atoms with E-state index in [1.54, 1.807) is 23.5 Å². The molecule has 1 atom stereocenters. The van der Waals surface area contributed by atoms with Gasteiger partial charge in [0.1, 0.15) is 5.54 Å². The summed E-state index contributed by atoms with van der Waals surface area (Å²) in [5.41, 5.74) is 1.48. The normalized spacial score (nSPS) is 27.6. The van der Waals surface area contributed by atoms with Gasteiger partial charge in [-0.15, -0.1) is 0 Å². The predicted octanol–water partition coefficient (Wildman–Crippen LogP) is 4.42. The number of para-hydroxylation sites is 1. The molecule has 194 valence electrons. The number of carboxylic acid groups (broad SMARTS) is 1. The fourth-order valence-corrected chi connectivity index (χ4v) is 7.86. The minimum atomic E-state index is -1.25. The molecule has 7 rings (SSSR count). The van der Waals surface area contributed by atoms with Gasteiger partial charge in [0.2, 0.25) is 5.91 Å². The maximum Gasteiger partial charge on any atom is 0.408 e. The van der Waals surface area contributed by atoms with E-state index in [9.17, 15) is 14.7 Å². The van der Waals surface area contributed by atoms with Crippen molar-refractivity contribution in [2.45, 2.75) is 63.5 Å². The number of carbonyl (C=O) groups is 2. The lowest BCUT2D eigenvalue weighted by molar-refractivity contribution is -0.140. The van der Waals surface area contributed by atoms with E-state index < -0.39 is 11.6 Å². The summed E-state index contributed by atoms with van der Waals surface area (Å²) in [6, 6.07) is 7.86. The summed E-state index contributed by atoms with van der Waals surface area (Å²) in [4.78, 5) is 40.4. The predicted molar refractivity (Wildman–Crippen MR) is 140 cm³/mol. The van der Waals surface area contributed by atoms with Gasteiger partial charge in [0, 0.05) is 61.1 Å². The monoisotopic (exact) mass is 501 g/mol. The van der Waals surface area contributed by atoms with Crippen LogP contribution in [0.5, 0.6) is 0 Å². The Bertz CT molecular complexity index is 1260. The van der Waals surface area contributed by atoms with Crippen LogP contribution in [0.15, 0.2) is 49.1 Å². The fourth-order valence-electron chi connectivity index (χ4n) is 7.86. The summed E-state index contributed by atoms with van der Waals surface area (Å²) in [6.45, 7) is 2.20. The van der Waals surface area contributed by atoms with Gasteiger partial charge in [-0.05, 0) is 74.3 Å². The molecule has 37 heavy (non-hydrogen) atoms. The van der Waals surface area contributed by atoms with E-state index >= 15 is 0 Å². The van der Waals surface area contributed by atoms with Crippen molar-refractivity contribution in [2.24, 2.45) is 23.7 Å². The van der Waals surface area contributed by atoms with Crippen molar-refractivity contribution in [3.05, 3.63) is 60.3 Å². The molecule has 2 amide bonds. The number of nitrogens with zero attached hydrogens (tertiary/aromatic N) is 3. The standard InChI is InChI=1S/C29H35N5O3/c1-29(15-22-16-33-25-5-3-2-4-24(22)25,27(35)32-7-6-23-17-30-8-9-31-23)34(28(36)37)26-20-11-18-10-19(13-20)14-21(26)12-18/h2-5,8-9,16-21,26,33H,6-7,10-15H2,1H3,(H,32,35)(H,36,37). The van der Waals surface area contributed by atoms with Gasteiger partial charge in [-0.2, -0.15) is 0 Å². The third-order valence-corrected chi connectivity index (χ3v) is 9.19. The minimum Gasteiger partial charge on any atom is -0.465 e. The SMILES string of the molecule is CC(Cc1c[nH]c2ccccc12)(C(=O)NCCc1cnccn1)N(C(=O)O)C1C2CC3CC(C2)CC1C3. The zero-order valence-corrected chi connectivity index (χ0v) is 21.3. The molecule has 0 aliphatic heterocycles. The third-order valence-electron chi connectivity index (χ3n) is 9.19. The van der Waals surface area contributed by atoms with Crippen molar-refractivity contribution < 1.29 is 14.7 Å². The van der Waals surface area contributed by atoms with Crippen molar-refractivity contribution in [1.82, 2.24) is 25.2 Å². The maximum absolute atomic E-state index is 14.0. The lowest BCUT2D eigenvalue weighted by atomic mass is 9.53. The van der Waals surface area contributed by atoms with Gasteiger partial charge in [-0.25, -0.2) is 4.79 Å². The first-order valence-corrected chi connectivity index (χ1v) is 13.5. The maximum atomic E-state index is 14.0. The first kappa shape index (κ1) is 23.9. The summed E-state index contributed by atoms with van der Waals surface area (Å²) in [7, 11) is 0. The average Bonchev–Trinajstić information content (AvgIpc) is 3.28. The first-order valence-electron chi connectivity index (χ1n) is 13.5. The van der Waals surface area contributed by atoms with Gasteiger partial charge in [0.15, 0.2) is 0 Å². The van der Waals surface area contributed by atoms with E-state index in [-0.39, 0.29) is 11.9 Å². The second-order valence-corrected chi connectivity index (χ2v) is 11.6. The Kier molecular flexibility index (Phi) is 6.13. The molecular weight excluding hydrogens is 466 g/mol. The van der Waals surface area contributed by atoms with E-state index in [4.69, 9.17) is 0 Å². The first-order chi connectivity index (χ1) is 17.9. The van der Waals surface area contributed by atoms with Gasteiger partial charge >= 0.3 is 6.09 Å². The van der Waals surface area contributed by atoms with Crippen molar-refractivity contribution in [1.29, 1.82) is 0 Å². The van der Waals surface area contributed by atoms with Gasteiger partial charge < -0.3 is 15.4 Å². The van der Waals surface area contributed by atoms with Crippen LogP contribution in [-0.4, -0.2) is 55.1 Å². The number of H-pyrrole nitrogens is 1. The van der Waals surface area contributed by atoms with E-state index in [2.05, 4.69) is 20.3 Å². The van der Waals surface area contributed by atoms with Crippen LogP contribution in [-0.2, 0) is 17.6 Å². The number of amides is 2. The summed E-state index contributed by atoms with van der Waals surface area (Å²) in [5.74, 6) is 1.85. The number of aromatic nitrogens is 3. The molecule has 0 spiro atoms. The molecular formula is C29H35N5O3. The number of hydrogen-bond donors (Lipinski definition) is 3. The molecule has 3 N–H and O–H groups in total. The van der Waals surface area contributed by atoms with Crippen molar-refractivity contribution in [3.8, 4) is 0 Å². The summed E-state index contributed by atoms with van der Waals surface area (Å²) >= 11 is 0. The van der Waals surface area contributed by atoms with Crippen LogP contribution in [0.1, 0.15) is 50.3 Å². The summed E-state index contributed by atoms with van der Waals surface area (Å²) < 4.78 is 0. The van der Waals surface area contributed by atoms with Gasteiger partial charge in [-0.3, -0.25) is 19.7 Å². The van der Waals surface area contributed by atoms with Gasteiger partial charge in [0.25, 0.3) is 0 Å². The highest BCUT2D eigenvalue weighted by Gasteiger charge is 2.56. The molecule has 4 aliphatic rings. The molecule has 2 heterocycles. The Balaban J connectivity index is 1.33. The van der Waals surface area contributed by atoms with E-state index in [1.165, 1.54) is 6.42 Å². The number of nitrogens with one attached hydrogen (secondary N) is 2. The van der Waals surface area contributed by atoms with E-state index in [1.807, 2.05) is 37.4 Å². The quantitative estimate of drug-likeness (QED) is 0.423. The highest BCUT2D eigenvalue weighted by Crippen LogP contribution is 2.56. The van der Waals surface area contributed by atoms with E-state index in [0.29, 0.717) is 31.2 Å². The lowest BCUT2D eigenvalue weighted by Gasteiger charge is -2.59.